The van der Waals surface area contributed by atoms with Crippen LogP contribution in [-0.2, 0) is 0 Å². The van der Waals surface area contributed by atoms with Gasteiger partial charge in [-0.05, 0) is 26.8 Å². The Bertz CT molecular complexity index is 749. The van der Waals surface area contributed by atoms with Crippen molar-refractivity contribution < 1.29 is 4.57 Å². The van der Waals surface area contributed by atoms with Crippen LogP contribution in [-0.4, -0.2) is 4.68 Å². The van der Waals surface area contributed by atoms with Crippen molar-refractivity contribution >= 4 is 10.9 Å². The minimum absolute atomic E-state index is 1.06. The molecule has 2 heterocycles. The lowest BCUT2D eigenvalue weighted by Gasteiger charge is -2.04. The molecule has 2 N–H and O–H groups in total. The first-order valence-electron chi connectivity index (χ1n) is 6.43. The molecule has 0 aliphatic carbocycles. The van der Waals surface area contributed by atoms with Gasteiger partial charge in [-0.1, -0.05) is 18.2 Å². The number of rotatable bonds is 1. The van der Waals surface area contributed by atoms with Gasteiger partial charge in [-0.15, -0.1) is 0 Å². The third-order valence-electron chi connectivity index (χ3n) is 3.67. The molecule has 0 unspecified atom stereocenters. The molecular weight excluding hydrogens is 234 g/mol. The maximum Gasteiger partial charge on any atom is 0.216 e. The first-order valence-corrected chi connectivity index (χ1v) is 6.43. The lowest BCUT2D eigenvalue weighted by atomic mass is 10.1. The number of benzene rings is 1. The van der Waals surface area contributed by atoms with Crippen LogP contribution in [0.2, 0.25) is 0 Å². The molecule has 0 fully saturated rings. The van der Waals surface area contributed by atoms with Gasteiger partial charge >= 0.3 is 0 Å². The van der Waals surface area contributed by atoms with E-state index in [1.165, 1.54) is 16.8 Å². The largest absolute Gasteiger partial charge is 0.339 e. The van der Waals surface area contributed by atoms with E-state index in [-0.39, 0.29) is 0 Å². The number of para-hydroxylation sites is 1. The fourth-order valence-corrected chi connectivity index (χ4v) is 2.67. The van der Waals surface area contributed by atoms with E-state index in [4.69, 9.17) is 5.84 Å². The van der Waals surface area contributed by atoms with E-state index in [1.807, 2.05) is 6.92 Å². The van der Waals surface area contributed by atoms with Crippen LogP contribution in [0.1, 0.15) is 16.8 Å². The van der Waals surface area contributed by atoms with Crippen LogP contribution in [0, 0.1) is 20.8 Å². The smallest absolute Gasteiger partial charge is 0.216 e. The van der Waals surface area contributed by atoms with Crippen LogP contribution in [0.4, 0.5) is 0 Å². The molecule has 0 saturated heterocycles. The topological polar surface area (TPSA) is 34.8 Å². The zero-order valence-electron chi connectivity index (χ0n) is 11.5. The molecule has 3 nitrogen and oxygen atoms in total. The third-order valence-corrected chi connectivity index (χ3v) is 3.67. The zero-order valence-corrected chi connectivity index (χ0v) is 11.5. The zero-order chi connectivity index (χ0) is 13.6. The molecule has 1 aromatic carbocycles. The predicted molar refractivity (Wildman–Crippen MR) is 77.8 cm³/mol. The molecule has 3 aromatic rings. The van der Waals surface area contributed by atoms with Crippen molar-refractivity contribution in [3.8, 4) is 5.69 Å². The van der Waals surface area contributed by atoms with Gasteiger partial charge in [0.15, 0.2) is 12.4 Å². The van der Waals surface area contributed by atoms with Gasteiger partial charge in [0.25, 0.3) is 0 Å². The Morgan fingerprint density at radius 3 is 2.42 bits per heavy atom. The van der Waals surface area contributed by atoms with Crippen LogP contribution < -0.4 is 10.4 Å². The summed E-state index contributed by atoms with van der Waals surface area (Å²) < 4.78 is 3.90. The minimum Gasteiger partial charge on any atom is -0.339 e. The molecule has 0 bridgehead atoms. The highest BCUT2D eigenvalue weighted by Crippen LogP contribution is 2.17. The maximum absolute atomic E-state index is 5.99. The number of aromatic nitrogens is 2. The SMILES string of the molecule is Cc1cccc(C)c1-[n+]1ccc2c(cc(C)n2N)c1. The molecule has 2 aromatic heterocycles. The summed E-state index contributed by atoms with van der Waals surface area (Å²) in [6, 6.07) is 10.5. The lowest BCUT2D eigenvalue weighted by molar-refractivity contribution is -0.595. The Labute approximate surface area is 112 Å². The van der Waals surface area contributed by atoms with E-state index >= 15 is 0 Å². The van der Waals surface area contributed by atoms with E-state index in [0.717, 1.165) is 16.6 Å². The summed E-state index contributed by atoms with van der Waals surface area (Å²) in [5, 5.41) is 1.16. The van der Waals surface area contributed by atoms with Crippen LogP contribution in [0.25, 0.3) is 16.6 Å². The van der Waals surface area contributed by atoms with Gasteiger partial charge in [-0.25, -0.2) is 0 Å². The number of nitrogens with zero attached hydrogens (tertiary/aromatic N) is 2. The van der Waals surface area contributed by atoms with Gasteiger partial charge in [-0.2, -0.15) is 4.57 Å². The van der Waals surface area contributed by atoms with Gasteiger partial charge in [0.05, 0.1) is 10.9 Å². The highest BCUT2D eigenvalue weighted by Gasteiger charge is 2.15. The third kappa shape index (κ3) is 1.78. The molecule has 0 amide bonds. The van der Waals surface area contributed by atoms with E-state index in [1.54, 1.807) is 4.68 Å². The second-order valence-corrected chi connectivity index (χ2v) is 5.09. The number of fused-ring (bicyclic) bond motifs is 1. The fourth-order valence-electron chi connectivity index (χ4n) is 2.67. The molecule has 3 heteroatoms. The summed E-state index contributed by atoms with van der Waals surface area (Å²) in [6.45, 7) is 6.29. The molecule has 0 radical (unpaired) electrons. The minimum atomic E-state index is 1.06. The lowest BCUT2D eigenvalue weighted by Crippen LogP contribution is -2.31. The number of nitrogen functional groups attached to an aromatic ring is 1. The van der Waals surface area contributed by atoms with Gasteiger partial charge < -0.3 is 5.84 Å². The first kappa shape index (κ1) is 11.8. The standard InChI is InChI=1S/C16H18N3/c1-11-5-4-6-12(2)16(11)18-8-7-15-14(10-18)9-13(3)19(15)17/h4-10H,17H2,1-3H3/q+1. The maximum atomic E-state index is 5.99. The van der Waals surface area contributed by atoms with Gasteiger partial charge in [0.2, 0.25) is 5.69 Å². The Morgan fingerprint density at radius 1 is 1.05 bits per heavy atom. The molecule has 0 saturated carbocycles. The van der Waals surface area contributed by atoms with Crippen LogP contribution in [0.3, 0.4) is 0 Å². The fraction of sp³-hybridized carbons (Fsp3) is 0.188. The number of pyridine rings is 1. The molecule has 0 spiro atoms. The average Bonchev–Trinajstić information content (AvgIpc) is 2.65. The Balaban J connectivity index is 2.26. The van der Waals surface area contributed by atoms with Crippen molar-refractivity contribution in [3.05, 3.63) is 59.5 Å². The highest BCUT2D eigenvalue weighted by atomic mass is 15.3. The van der Waals surface area contributed by atoms with Crippen LogP contribution in [0.5, 0.6) is 0 Å². The summed E-state index contributed by atoms with van der Waals surface area (Å²) in [6.07, 6.45) is 4.21. The van der Waals surface area contributed by atoms with Crippen molar-refractivity contribution in [2.45, 2.75) is 20.8 Å². The summed E-state index contributed by atoms with van der Waals surface area (Å²) >= 11 is 0. The molecule has 0 atom stereocenters. The van der Waals surface area contributed by atoms with Crippen LogP contribution >= 0.6 is 0 Å². The van der Waals surface area contributed by atoms with Crippen LogP contribution in [0.15, 0.2) is 42.7 Å². The first-order chi connectivity index (χ1) is 9.08. The van der Waals surface area contributed by atoms with Crippen molar-refractivity contribution in [1.29, 1.82) is 0 Å². The summed E-state index contributed by atoms with van der Waals surface area (Å²) in [5.74, 6) is 5.99. The number of aryl methyl sites for hydroxylation is 3. The summed E-state index contributed by atoms with van der Waals surface area (Å²) in [7, 11) is 0. The summed E-state index contributed by atoms with van der Waals surface area (Å²) in [5.41, 5.74) is 5.91. The van der Waals surface area contributed by atoms with E-state index in [2.05, 4.69) is 61.1 Å². The second-order valence-electron chi connectivity index (χ2n) is 5.09. The second kappa shape index (κ2) is 4.12. The number of hydrogen-bond donors (Lipinski definition) is 1. The van der Waals surface area contributed by atoms with Gasteiger partial charge in [-0.3, -0.25) is 4.68 Å². The number of hydrogen-bond acceptors (Lipinski definition) is 1. The molecule has 96 valence electrons. The van der Waals surface area contributed by atoms with E-state index in [0.29, 0.717) is 0 Å². The van der Waals surface area contributed by atoms with Crippen molar-refractivity contribution in [2.75, 3.05) is 5.84 Å². The van der Waals surface area contributed by atoms with Crippen molar-refractivity contribution in [2.24, 2.45) is 0 Å². The summed E-state index contributed by atoms with van der Waals surface area (Å²) in [4.78, 5) is 0. The number of nitrogens with two attached hydrogens (primary N) is 1. The molecule has 3 rings (SSSR count). The quantitative estimate of drug-likeness (QED) is 0.524. The predicted octanol–water partition coefficient (Wildman–Crippen LogP) is 2.56. The molecule has 0 aliphatic rings. The average molecular weight is 252 g/mol. The van der Waals surface area contributed by atoms with E-state index in [9.17, 15) is 0 Å². The van der Waals surface area contributed by atoms with E-state index < -0.39 is 0 Å². The molecule has 0 aliphatic heterocycles. The van der Waals surface area contributed by atoms with Gasteiger partial charge in [0.1, 0.15) is 0 Å². The van der Waals surface area contributed by atoms with Gasteiger partial charge in [0, 0.05) is 22.9 Å². The van der Waals surface area contributed by atoms with Crippen molar-refractivity contribution in [1.82, 2.24) is 4.68 Å². The van der Waals surface area contributed by atoms with Crippen molar-refractivity contribution in [3.63, 3.8) is 0 Å². The monoisotopic (exact) mass is 252 g/mol. The molecule has 19 heavy (non-hydrogen) atoms. The highest BCUT2D eigenvalue weighted by molar-refractivity contribution is 5.79. The Hall–Kier alpha value is -2.29. The molecular formula is C16H18N3+. The Kier molecular flexibility index (Phi) is 2.56. The Morgan fingerprint density at radius 2 is 1.74 bits per heavy atom. The normalized spacial score (nSPS) is 11.1.